The van der Waals surface area contributed by atoms with Crippen molar-refractivity contribution in [1.29, 1.82) is 0 Å². The maximum absolute atomic E-state index is 9.87. The predicted molar refractivity (Wildman–Crippen MR) is 68.3 cm³/mol. The van der Waals surface area contributed by atoms with Crippen LogP contribution < -0.4 is 5.73 Å². The van der Waals surface area contributed by atoms with Crippen LogP contribution >= 0.6 is 15.9 Å². The molecule has 4 heteroatoms. The van der Waals surface area contributed by atoms with Crippen molar-refractivity contribution in [2.75, 3.05) is 0 Å². The zero-order valence-corrected chi connectivity index (χ0v) is 10.9. The van der Waals surface area contributed by atoms with Crippen LogP contribution in [0.5, 0.6) is 5.75 Å². The third-order valence-corrected chi connectivity index (χ3v) is 3.28. The van der Waals surface area contributed by atoms with E-state index in [1.165, 1.54) is 0 Å². The maximum atomic E-state index is 9.87. The standard InChI is InChI=1S/C12H18BrNO2/c1-2-3-7-10(15)11(14)8-5-4-6-9(13)12(8)16/h4-6,10-11,15-16H,2-3,7,14H2,1H3/t10-,11+/m1/s1. The van der Waals surface area contributed by atoms with Crippen LogP contribution in [-0.4, -0.2) is 16.3 Å². The van der Waals surface area contributed by atoms with Gasteiger partial charge in [0.1, 0.15) is 5.75 Å². The average molecular weight is 288 g/mol. The van der Waals surface area contributed by atoms with Gasteiger partial charge < -0.3 is 15.9 Å². The number of hydrogen-bond donors (Lipinski definition) is 3. The monoisotopic (exact) mass is 287 g/mol. The van der Waals surface area contributed by atoms with Gasteiger partial charge in [0.25, 0.3) is 0 Å². The molecule has 3 nitrogen and oxygen atoms in total. The summed E-state index contributed by atoms with van der Waals surface area (Å²) < 4.78 is 0.600. The molecule has 1 aromatic rings. The highest BCUT2D eigenvalue weighted by molar-refractivity contribution is 9.10. The number of benzene rings is 1. The second-order valence-corrected chi connectivity index (χ2v) is 4.77. The van der Waals surface area contributed by atoms with Crippen molar-refractivity contribution in [1.82, 2.24) is 0 Å². The van der Waals surface area contributed by atoms with Gasteiger partial charge in [-0.15, -0.1) is 0 Å². The Kier molecular flexibility index (Phi) is 5.25. The summed E-state index contributed by atoms with van der Waals surface area (Å²) in [4.78, 5) is 0. The molecule has 0 radical (unpaired) electrons. The number of phenolic OH excluding ortho intramolecular Hbond substituents is 1. The van der Waals surface area contributed by atoms with E-state index in [-0.39, 0.29) is 5.75 Å². The van der Waals surface area contributed by atoms with Gasteiger partial charge in [0.15, 0.2) is 0 Å². The average Bonchev–Trinajstić information content (AvgIpc) is 2.28. The summed E-state index contributed by atoms with van der Waals surface area (Å²) in [6.45, 7) is 2.06. The fourth-order valence-electron chi connectivity index (χ4n) is 1.60. The topological polar surface area (TPSA) is 66.5 Å². The molecule has 0 aliphatic heterocycles. The van der Waals surface area contributed by atoms with Gasteiger partial charge in [0.05, 0.1) is 16.6 Å². The lowest BCUT2D eigenvalue weighted by atomic mass is 9.98. The first-order valence-electron chi connectivity index (χ1n) is 5.49. The first kappa shape index (κ1) is 13.5. The number of rotatable bonds is 5. The number of halogens is 1. The largest absolute Gasteiger partial charge is 0.506 e. The molecule has 0 unspecified atom stereocenters. The second-order valence-electron chi connectivity index (χ2n) is 3.91. The molecule has 0 heterocycles. The third kappa shape index (κ3) is 3.20. The number of hydrogen-bond acceptors (Lipinski definition) is 3. The first-order valence-corrected chi connectivity index (χ1v) is 6.28. The smallest absolute Gasteiger partial charge is 0.134 e. The first-order chi connectivity index (χ1) is 7.57. The van der Waals surface area contributed by atoms with Crippen LogP contribution in [0.15, 0.2) is 22.7 Å². The van der Waals surface area contributed by atoms with E-state index in [1.54, 1.807) is 18.2 Å². The molecule has 0 fully saturated rings. The van der Waals surface area contributed by atoms with Crippen LogP contribution in [0, 0.1) is 0 Å². The minimum Gasteiger partial charge on any atom is -0.506 e. The number of aliphatic hydroxyl groups excluding tert-OH is 1. The van der Waals surface area contributed by atoms with Crippen LogP contribution in [0.2, 0.25) is 0 Å². The van der Waals surface area contributed by atoms with Crippen LogP contribution in [-0.2, 0) is 0 Å². The van der Waals surface area contributed by atoms with Gasteiger partial charge >= 0.3 is 0 Å². The van der Waals surface area contributed by atoms with Crippen LogP contribution in [0.1, 0.15) is 37.8 Å². The molecular weight excluding hydrogens is 270 g/mol. The SMILES string of the molecule is CCCC[C@@H](O)[C@@H](N)c1cccc(Br)c1O. The fourth-order valence-corrected chi connectivity index (χ4v) is 1.98. The van der Waals surface area contributed by atoms with Gasteiger partial charge in [0, 0.05) is 5.56 Å². The highest BCUT2D eigenvalue weighted by atomic mass is 79.9. The molecule has 90 valence electrons. The van der Waals surface area contributed by atoms with E-state index in [0.29, 0.717) is 16.5 Å². The van der Waals surface area contributed by atoms with Crippen molar-refractivity contribution in [3.05, 3.63) is 28.2 Å². The lowest BCUT2D eigenvalue weighted by Crippen LogP contribution is -2.26. The van der Waals surface area contributed by atoms with Crippen LogP contribution in [0.25, 0.3) is 0 Å². The summed E-state index contributed by atoms with van der Waals surface area (Å²) in [6.07, 6.45) is 2.00. The molecule has 0 aromatic heterocycles. The molecule has 0 aliphatic rings. The van der Waals surface area contributed by atoms with Crippen molar-refractivity contribution < 1.29 is 10.2 Å². The molecule has 16 heavy (non-hydrogen) atoms. The molecule has 0 bridgehead atoms. The molecule has 0 spiro atoms. The minimum atomic E-state index is -0.611. The second kappa shape index (κ2) is 6.23. The Morgan fingerprint density at radius 1 is 1.44 bits per heavy atom. The van der Waals surface area contributed by atoms with Crippen LogP contribution in [0.3, 0.4) is 0 Å². The molecule has 1 rings (SSSR count). The molecule has 0 aliphatic carbocycles. The maximum Gasteiger partial charge on any atom is 0.134 e. The van der Waals surface area contributed by atoms with Crippen LogP contribution in [0.4, 0.5) is 0 Å². The number of aliphatic hydroxyl groups is 1. The van der Waals surface area contributed by atoms with Crippen molar-refractivity contribution in [2.45, 2.75) is 38.3 Å². The molecule has 4 N–H and O–H groups in total. The Balaban J connectivity index is 2.79. The summed E-state index contributed by atoms with van der Waals surface area (Å²) in [7, 11) is 0. The van der Waals surface area contributed by atoms with E-state index >= 15 is 0 Å². The fraction of sp³-hybridized carbons (Fsp3) is 0.500. The molecule has 0 amide bonds. The van der Waals surface area contributed by atoms with Gasteiger partial charge in [-0.3, -0.25) is 0 Å². The highest BCUT2D eigenvalue weighted by Crippen LogP contribution is 2.32. The van der Waals surface area contributed by atoms with E-state index in [1.807, 2.05) is 0 Å². The van der Waals surface area contributed by atoms with E-state index in [2.05, 4.69) is 22.9 Å². The van der Waals surface area contributed by atoms with Crippen molar-refractivity contribution >= 4 is 15.9 Å². The van der Waals surface area contributed by atoms with Crippen molar-refractivity contribution in [2.24, 2.45) is 5.73 Å². The zero-order chi connectivity index (χ0) is 12.1. The lowest BCUT2D eigenvalue weighted by Gasteiger charge is -2.20. The number of nitrogens with two attached hydrogens (primary N) is 1. The van der Waals surface area contributed by atoms with Gasteiger partial charge in [-0.05, 0) is 28.4 Å². The lowest BCUT2D eigenvalue weighted by molar-refractivity contribution is 0.131. The van der Waals surface area contributed by atoms with E-state index < -0.39 is 12.1 Å². The zero-order valence-electron chi connectivity index (χ0n) is 9.36. The predicted octanol–water partition coefficient (Wildman–Crippen LogP) is 2.71. The van der Waals surface area contributed by atoms with Gasteiger partial charge in [-0.1, -0.05) is 31.9 Å². The quantitative estimate of drug-likeness (QED) is 0.780. The molecule has 1 aromatic carbocycles. The number of unbranched alkanes of at least 4 members (excludes halogenated alkanes) is 1. The van der Waals surface area contributed by atoms with Gasteiger partial charge in [0.2, 0.25) is 0 Å². The summed E-state index contributed by atoms with van der Waals surface area (Å²) in [5, 5.41) is 19.7. The highest BCUT2D eigenvalue weighted by Gasteiger charge is 2.20. The Labute approximate surface area is 104 Å². The van der Waals surface area contributed by atoms with E-state index in [0.717, 1.165) is 12.8 Å². The summed E-state index contributed by atoms with van der Waals surface area (Å²) in [6, 6.07) is 4.74. The minimum absolute atomic E-state index is 0.116. The molecule has 0 saturated carbocycles. The summed E-state index contributed by atoms with van der Waals surface area (Å²) >= 11 is 3.23. The third-order valence-electron chi connectivity index (χ3n) is 2.65. The molecule has 2 atom stereocenters. The molecule has 0 saturated heterocycles. The summed E-state index contributed by atoms with van der Waals surface area (Å²) in [5.74, 6) is 0.116. The Hall–Kier alpha value is -0.580. The van der Waals surface area contributed by atoms with E-state index in [4.69, 9.17) is 5.73 Å². The van der Waals surface area contributed by atoms with Crippen molar-refractivity contribution in [3.8, 4) is 5.75 Å². The Morgan fingerprint density at radius 3 is 2.75 bits per heavy atom. The van der Waals surface area contributed by atoms with E-state index in [9.17, 15) is 10.2 Å². The Morgan fingerprint density at radius 2 is 2.12 bits per heavy atom. The normalized spacial score (nSPS) is 14.8. The summed E-state index contributed by atoms with van der Waals surface area (Å²) in [5.41, 5.74) is 6.50. The molecular formula is C12H18BrNO2. The number of para-hydroxylation sites is 1. The number of aromatic hydroxyl groups is 1. The van der Waals surface area contributed by atoms with Crippen molar-refractivity contribution in [3.63, 3.8) is 0 Å². The Bertz CT molecular complexity index is 344. The number of phenols is 1. The van der Waals surface area contributed by atoms with Gasteiger partial charge in [-0.2, -0.15) is 0 Å². The van der Waals surface area contributed by atoms with Gasteiger partial charge in [-0.25, -0.2) is 0 Å².